The van der Waals surface area contributed by atoms with Gasteiger partial charge < -0.3 is 10.0 Å². The number of rotatable bonds is 3. The molecule has 0 aromatic carbocycles. The highest BCUT2D eigenvalue weighted by molar-refractivity contribution is 5.83. The van der Waals surface area contributed by atoms with Crippen molar-refractivity contribution in [3.05, 3.63) is 0 Å². The van der Waals surface area contributed by atoms with Gasteiger partial charge in [0.25, 0.3) is 0 Å². The van der Waals surface area contributed by atoms with E-state index in [9.17, 15) is 14.7 Å². The number of carboxylic acids is 1. The molecular formula is C11H21NO3. The highest BCUT2D eigenvalue weighted by Crippen LogP contribution is 2.26. The fourth-order valence-corrected chi connectivity index (χ4v) is 1.75. The summed E-state index contributed by atoms with van der Waals surface area (Å²) >= 11 is 0. The zero-order chi connectivity index (χ0) is 12.4. The summed E-state index contributed by atoms with van der Waals surface area (Å²) in [6.07, 6.45) is 0. The van der Waals surface area contributed by atoms with E-state index in [2.05, 4.69) is 0 Å². The van der Waals surface area contributed by atoms with E-state index in [0.29, 0.717) is 0 Å². The molecule has 88 valence electrons. The van der Waals surface area contributed by atoms with Crippen LogP contribution in [0, 0.1) is 5.41 Å². The second-order valence-electron chi connectivity index (χ2n) is 5.13. The Hall–Kier alpha value is -1.06. The van der Waals surface area contributed by atoms with Crippen molar-refractivity contribution in [3.63, 3.8) is 0 Å². The molecule has 1 N–H and O–H groups in total. The standard InChI is InChI=1S/C11H21NO3/c1-7(2)12(8(3)13)9(10(14)15)11(4,5)6/h7,9H,1-6H3,(H,14,15). The fourth-order valence-electron chi connectivity index (χ4n) is 1.75. The normalized spacial score (nSPS) is 13.8. The average molecular weight is 215 g/mol. The molecule has 0 aromatic rings. The van der Waals surface area contributed by atoms with E-state index in [1.807, 2.05) is 34.6 Å². The van der Waals surface area contributed by atoms with Crippen LogP contribution >= 0.6 is 0 Å². The molecule has 0 saturated heterocycles. The Balaban J connectivity index is 5.21. The first-order valence-electron chi connectivity index (χ1n) is 5.10. The smallest absolute Gasteiger partial charge is 0.326 e. The summed E-state index contributed by atoms with van der Waals surface area (Å²) in [4.78, 5) is 24.1. The average Bonchev–Trinajstić information content (AvgIpc) is 1.94. The maximum atomic E-state index is 11.4. The van der Waals surface area contributed by atoms with Gasteiger partial charge in [0.1, 0.15) is 6.04 Å². The molecule has 0 aromatic heterocycles. The van der Waals surface area contributed by atoms with Crippen LogP contribution in [0.3, 0.4) is 0 Å². The van der Waals surface area contributed by atoms with Crippen LogP contribution in [-0.4, -0.2) is 34.0 Å². The van der Waals surface area contributed by atoms with Crippen LogP contribution in [0.4, 0.5) is 0 Å². The van der Waals surface area contributed by atoms with E-state index < -0.39 is 17.4 Å². The summed E-state index contributed by atoms with van der Waals surface area (Å²) in [5.41, 5.74) is -0.470. The maximum Gasteiger partial charge on any atom is 0.326 e. The van der Waals surface area contributed by atoms with Gasteiger partial charge in [0.05, 0.1) is 0 Å². The first kappa shape index (κ1) is 13.9. The topological polar surface area (TPSA) is 57.6 Å². The number of hydrogen-bond donors (Lipinski definition) is 1. The molecule has 0 fully saturated rings. The SMILES string of the molecule is CC(=O)N(C(C)C)C(C(=O)O)C(C)(C)C. The van der Waals surface area contributed by atoms with E-state index >= 15 is 0 Å². The zero-order valence-corrected chi connectivity index (χ0v) is 10.4. The highest BCUT2D eigenvalue weighted by atomic mass is 16.4. The predicted octanol–water partition coefficient (Wildman–Crippen LogP) is 1.74. The van der Waals surface area contributed by atoms with Gasteiger partial charge in [-0.25, -0.2) is 4.79 Å². The van der Waals surface area contributed by atoms with E-state index in [1.165, 1.54) is 11.8 Å². The van der Waals surface area contributed by atoms with Crippen molar-refractivity contribution in [2.24, 2.45) is 5.41 Å². The Morgan fingerprint density at radius 1 is 1.20 bits per heavy atom. The molecular weight excluding hydrogens is 194 g/mol. The molecule has 0 aliphatic heterocycles. The zero-order valence-electron chi connectivity index (χ0n) is 10.4. The summed E-state index contributed by atoms with van der Waals surface area (Å²) in [5.74, 6) is -1.15. The highest BCUT2D eigenvalue weighted by Gasteiger charge is 2.39. The number of carbonyl (C=O) groups excluding carboxylic acids is 1. The first-order valence-corrected chi connectivity index (χ1v) is 5.10. The van der Waals surface area contributed by atoms with Gasteiger partial charge in [0.15, 0.2) is 0 Å². The molecule has 0 heterocycles. The Kier molecular flexibility index (Phi) is 4.31. The van der Waals surface area contributed by atoms with Crippen LogP contribution in [0.5, 0.6) is 0 Å². The van der Waals surface area contributed by atoms with Crippen LogP contribution < -0.4 is 0 Å². The molecule has 0 saturated carbocycles. The second kappa shape index (κ2) is 4.64. The Morgan fingerprint density at radius 3 is 1.67 bits per heavy atom. The van der Waals surface area contributed by atoms with Crippen molar-refractivity contribution in [3.8, 4) is 0 Å². The van der Waals surface area contributed by atoms with E-state index in [0.717, 1.165) is 0 Å². The Morgan fingerprint density at radius 2 is 1.60 bits per heavy atom. The van der Waals surface area contributed by atoms with E-state index in [1.54, 1.807) is 0 Å². The lowest BCUT2D eigenvalue weighted by Gasteiger charge is -2.39. The lowest BCUT2D eigenvalue weighted by molar-refractivity contribution is -0.156. The van der Waals surface area contributed by atoms with Crippen LogP contribution in [0.2, 0.25) is 0 Å². The minimum Gasteiger partial charge on any atom is -0.480 e. The summed E-state index contributed by atoms with van der Waals surface area (Å²) in [7, 11) is 0. The number of amides is 1. The van der Waals surface area contributed by atoms with Gasteiger partial charge in [-0.05, 0) is 19.3 Å². The van der Waals surface area contributed by atoms with Gasteiger partial charge in [-0.1, -0.05) is 20.8 Å². The fraction of sp³-hybridized carbons (Fsp3) is 0.818. The van der Waals surface area contributed by atoms with Crippen LogP contribution in [0.1, 0.15) is 41.5 Å². The number of hydrogen-bond acceptors (Lipinski definition) is 2. The molecule has 1 unspecified atom stereocenters. The van der Waals surface area contributed by atoms with E-state index in [4.69, 9.17) is 0 Å². The molecule has 15 heavy (non-hydrogen) atoms. The minimum absolute atomic E-state index is 0.108. The lowest BCUT2D eigenvalue weighted by Crippen LogP contribution is -2.54. The van der Waals surface area contributed by atoms with Crippen molar-refractivity contribution in [2.45, 2.75) is 53.6 Å². The summed E-state index contributed by atoms with van der Waals surface area (Å²) in [6, 6.07) is -0.891. The van der Waals surface area contributed by atoms with Gasteiger partial charge in [-0.3, -0.25) is 4.79 Å². The molecule has 4 heteroatoms. The molecule has 0 spiro atoms. The van der Waals surface area contributed by atoms with Crippen LogP contribution in [0.25, 0.3) is 0 Å². The van der Waals surface area contributed by atoms with Crippen molar-refractivity contribution >= 4 is 11.9 Å². The maximum absolute atomic E-state index is 11.4. The van der Waals surface area contributed by atoms with Gasteiger partial charge in [-0.2, -0.15) is 0 Å². The molecule has 0 aliphatic rings. The van der Waals surface area contributed by atoms with Crippen molar-refractivity contribution < 1.29 is 14.7 Å². The molecule has 0 bridgehead atoms. The number of carboxylic acid groups (broad SMARTS) is 1. The first-order chi connectivity index (χ1) is 6.59. The number of nitrogens with zero attached hydrogens (tertiary/aromatic N) is 1. The second-order valence-corrected chi connectivity index (χ2v) is 5.13. The molecule has 1 atom stereocenters. The van der Waals surface area contributed by atoms with Crippen molar-refractivity contribution in [1.82, 2.24) is 4.90 Å². The lowest BCUT2D eigenvalue weighted by atomic mass is 9.85. The predicted molar refractivity (Wildman–Crippen MR) is 58.5 cm³/mol. The van der Waals surface area contributed by atoms with Crippen molar-refractivity contribution in [2.75, 3.05) is 0 Å². The summed E-state index contributed by atoms with van der Waals surface area (Å²) < 4.78 is 0. The third-order valence-corrected chi connectivity index (χ3v) is 2.25. The van der Waals surface area contributed by atoms with Gasteiger partial charge in [-0.15, -0.1) is 0 Å². The van der Waals surface area contributed by atoms with Crippen LogP contribution in [0.15, 0.2) is 0 Å². The van der Waals surface area contributed by atoms with Crippen molar-refractivity contribution in [1.29, 1.82) is 0 Å². The molecule has 0 aliphatic carbocycles. The number of aliphatic carboxylic acids is 1. The Bertz CT molecular complexity index is 253. The van der Waals surface area contributed by atoms with Gasteiger partial charge in [0.2, 0.25) is 5.91 Å². The largest absolute Gasteiger partial charge is 0.480 e. The summed E-state index contributed by atoms with van der Waals surface area (Å²) in [5, 5.41) is 9.18. The molecule has 1 amide bonds. The quantitative estimate of drug-likeness (QED) is 0.780. The molecule has 4 nitrogen and oxygen atoms in total. The van der Waals surface area contributed by atoms with E-state index in [-0.39, 0.29) is 11.9 Å². The van der Waals surface area contributed by atoms with Gasteiger partial charge >= 0.3 is 5.97 Å². The Labute approximate surface area is 91.3 Å². The third-order valence-electron chi connectivity index (χ3n) is 2.25. The third kappa shape index (κ3) is 3.53. The monoisotopic (exact) mass is 215 g/mol. The van der Waals surface area contributed by atoms with Gasteiger partial charge in [0, 0.05) is 13.0 Å². The minimum atomic E-state index is -0.952. The number of carbonyl (C=O) groups is 2. The summed E-state index contributed by atoms with van der Waals surface area (Å²) in [6.45, 7) is 10.5. The molecule has 0 rings (SSSR count). The van der Waals surface area contributed by atoms with Crippen LogP contribution in [-0.2, 0) is 9.59 Å². The molecule has 0 radical (unpaired) electrons.